The zero-order valence-electron chi connectivity index (χ0n) is 12.3. The minimum Gasteiger partial charge on any atom is -0.376 e. The Morgan fingerprint density at radius 2 is 2.04 bits per heavy atom. The molecule has 1 aliphatic carbocycles. The quantitative estimate of drug-likeness (QED) is 0.476. The molecule has 1 heterocycles. The maximum Gasteiger partial charge on any atom is 0.269 e. The number of nitrogens with zero attached hydrogens (tertiary/aromatic N) is 1. The summed E-state index contributed by atoms with van der Waals surface area (Å²) in [6.45, 7) is 0. The topological polar surface area (TPSA) is 55.2 Å². The first-order valence-electron chi connectivity index (χ1n) is 7.61. The first kappa shape index (κ1) is 14.3. The van der Waals surface area contributed by atoms with Crippen molar-refractivity contribution in [1.82, 2.24) is 0 Å². The molecule has 0 spiro atoms. The van der Waals surface area contributed by atoms with Crippen LogP contribution in [-0.4, -0.2) is 4.92 Å². The molecule has 2 aromatic carbocycles. The van der Waals surface area contributed by atoms with E-state index >= 15 is 0 Å². The fourth-order valence-electron chi connectivity index (χ4n) is 3.75. The Morgan fingerprint density at radius 1 is 1.22 bits per heavy atom. The lowest BCUT2D eigenvalue weighted by Crippen LogP contribution is -2.29. The highest BCUT2D eigenvalue weighted by atomic mass is 35.5. The molecule has 2 aromatic rings. The van der Waals surface area contributed by atoms with Crippen LogP contribution in [0.15, 0.2) is 54.6 Å². The number of para-hydroxylation sites is 1. The van der Waals surface area contributed by atoms with E-state index in [0.29, 0.717) is 16.9 Å². The number of hydrogen-bond acceptors (Lipinski definition) is 3. The van der Waals surface area contributed by atoms with Crippen LogP contribution in [0.25, 0.3) is 0 Å². The molecule has 0 bridgehead atoms. The van der Waals surface area contributed by atoms with Gasteiger partial charge < -0.3 is 5.32 Å². The number of halogens is 1. The molecule has 4 rings (SSSR count). The highest BCUT2D eigenvalue weighted by molar-refractivity contribution is 6.33. The predicted molar refractivity (Wildman–Crippen MR) is 90.9 cm³/mol. The van der Waals surface area contributed by atoms with E-state index in [-0.39, 0.29) is 16.7 Å². The van der Waals surface area contributed by atoms with Crippen molar-refractivity contribution in [3.8, 4) is 0 Å². The van der Waals surface area contributed by atoms with Crippen LogP contribution in [0.3, 0.4) is 0 Å². The van der Waals surface area contributed by atoms with Crippen molar-refractivity contribution in [3.05, 3.63) is 80.9 Å². The van der Waals surface area contributed by atoms with E-state index < -0.39 is 0 Å². The Labute approximate surface area is 138 Å². The van der Waals surface area contributed by atoms with Crippen molar-refractivity contribution < 1.29 is 4.92 Å². The van der Waals surface area contributed by atoms with Gasteiger partial charge in [-0.05, 0) is 29.5 Å². The number of non-ortho nitro benzene ring substituents is 1. The molecule has 0 saturated carbocycles. The van der Waals surface area contributed by atoms with Crippen molar-refractivity contribution in [1.29, 1.82) is 0 Å². The Bertz CT molecular complexity index is 818. The van der Waals surface area contributed by atoms with Crippen molar-refractivity contribution >= 4 is 23.0 Å². The lowest BCUT2D eigenvalue weighted by atomic mass is 9.77. The van der Waals surface area contributed by atoms with Crippen LogP contribution in [0.4, 0.5) is 11.4 Å². The average Bonchev–Trinajstić information content (AvgIpc) is 3.04. The number of anilines is 1. The van der Waals surface area contributed by atoms with Crippen LogP contribution in [0.2, 0.25) is 5.02 Å². The van der Waals surface area contributed by atoms with E-state index in [2.05, 4.69) is 23.5 Å². The summed E-state index contributed by atoms with van der Waals surface area (Å²) in [5, 5.41) is 15.3. The molecular weight excluding hydrogens is 312 g/mol. The van der Waals surface area contributed by atoms with Crippen LogP contribution >= 0.6 is 11.6 Å². The minimum atomic E-state index is -0.350. The van der Waals surface area contributed by atoms with E-state index in [1.54, 1.807) is 12.1 Å². The first-order valence-corrected chi connectivity index (χ1v) is 7.99. The molecule has 2 aliphatic rings. The van der Waals surface area contributed by atoms with Crippen LogP contribution in [0.1, 0.15) is 29.5 Å². The summed E-state index contributed by atoms with van der Waals surface area (Å²) < 4.78 is 0. The second-order valence-corrected chi connectivity index (χ2v) is 6.44. The average molecular weight is 327 g/mol. The van der Waals surface area contributed by atoms with Crippen LogP contribution in [0, 0.1) is 16.0 Å². The van der Waals surface area contributed by atoms with E-state index in [4.69, 9.17) is 11.6 Å². The van der Waals surface area contributed by atoms with Crippen LogP contribution in [0.5, 0.6) is 0 Å². The van der Waals surface area contributed by atoms with Gasteiger partial charge in [-0.2, -0.15) is 0 Å². The van der Waals surface area contributed by atoms with Gasteiger partial charge in [0.1, 0.15) is 0 Å². The third-order valence-electron chi connectivity index (χ3n) is 4.79. The molecule has 3 atom stereocenters. The monoisotopic (exact) mass is 326 g/mol. The number of nitrogens with one attached hydrogen (secondary N) is 1. The molecule has 5 heteroatoms. The molecule has 0 radical (unpaired) electrons. The van der Waals surface area contributed by atoms with Crippen molar-refractivity contribution in [2.45, 2.75) is 18.4 Å². The Kier molecular flexibility index (Phi) is 3.34. The van der Waals surface area contributed by atoms with Gasteiger partial charge in [0.25, 0.3) is 5.69 Å². The van der Waals surface area contributed by atoms with Gasteiger partial charge >= 0.3 is 0 Å². The fourth-order valence-corrected chi connectivity index (χ4v) is 3.98. The summed E-state index contributed by atoms with van der Waals surface area (Å²) in [5.41, 5.74) is 3.21. The molecule has 1 aliphatic heterocycles. The number of nitro groups is 1. The van der Waals surface area contributed by atoms with Crippen LogP contribution in [-0.2, 0) is 0 Å². The molecule has 116 valence electrons. The van der Waals surface area contributed by atoms with Crippen molar-refractivity contribution in [3.63, 3.8) is 0 Å². The molecule has 23 heavy (non-hydrogen) atoms. The molecule has 1 N–H and O–H groups in total. The van der Waals surface area contributed by atoms with E-state index in [0.717, 1.165) is 17.7 Å². The summed E-state index contributed by atoms with van der Waals surface area (Å²) in [5.74, 6) is 0.650. The number of rotatable bonds is 2. The zero-order chi connectivity index (χ0) is 16.0. The highest BCUT2D eigenvalue weighted by Crippen LogP contribution is 2.51. The fraction of sp³-hybridized carbons (Fsp3) is 0.222. The lowest BCUT2D eigenvalue weighted by Gasteiger charge is -2.37. The van der Waals surface area contributed by atoms with Gasteiger partial charge in [0.15, 0.2) is 0 Å². The second kappa shape index (κ2) is 5.39. The lowest BCUT2D eigenvalue weighted by molar-refractivity contribution is -0.384. The number of fused-ring (bicyclic) bond motifs is 3. The van der Waals surface area contributed by atoms with Crippen molar-refractivity contribution in [2.75, 3.05) is 5.32 Å². The van der Waals surface area contributed by atoms with Crippen molar-refractivity contribution in [2.24, 2.45) is 5.92 Å². The van der Waals surface area contributed by atoms with Gasteiger partial charge in [-0.25, -0.2) is 0 Å². The number of nitro benzene ring substituents is 1. The van der Waals surface area contributed by atoms with Gasteiger partial charge in [-0.15, -0.1) is 0 Å². The Morgan fingerprint density at radius 3 is 2.87 bits per heavy atom. The summed E-state index contributed by atoms with van der Waals surface area (Å²) in [6, 6.07) is 12.8. The molecule has 0 unspecified atom stereocenters. The zero-order valence-corrected chi connectivity index (χ0v) is 13.0. The van der Waals surface area contributed by atoms with Gasteiger partial charge in [0.05, 0.1) is 21.7 Å². The molecule has 4 nitrogen and oxygen atoms in total. The number of benzene rings is 2. The second-order valence-electron chi connectivity index (χ2n) is 6.03. The van der Waals surface area contributed by atoms with E-state index in [9.17, 15) is 10.1 Å². The third kappa shape index (κ3) is 2.30. The van der Waals surface area contributed by atoms with Gasteiger partial charge in [-0.3, -0.25) is 10.1 Å². The summed E-state index contributed by atoms with van der Waals surface area (Å²) >= 11 is 6.37. The van der Waals surface area contributed by atoms with Crippen LogP contribution < -0.4 is 5.32 Å². The van der Waals surface area contributed by atoms with Gasteiger partial charge in [0.2, 0.25) is 0 Å². The van der Waals surface area contributed by atoms with Gasteiger partial charge in [0, 0.05) is 18.1 Å². The number of allylic oxidation sites excluding steroid dienone is 2. The van der Waals surface area contributed by atoms with E-state index in [1.807, 2.05) is 18.2 Å². The summed E-state index contributed by atoms with van der Waals surface area (Å²) in [4.78, 5) is 10.7. The molecule has 0 amide bonds. The third-order valence-corrected chi connectivity index (χ3v) is 5.10. The maximum atomic E-state index is 11.1. The first-order chi connectivity index (χ1) is 11.1. The molecule has 0 fully saturated rings. The highest BCUT2D eigenvalue weighted by Gasteiger charge is 2.38. The Balaban J connectivity index is 1.80. The standard InChI is InChI=1S/C18H15ClN2O2/c19-16-9-3-8-15-13-6-2-7-14(13)17(20-18(15)16)11-4-1-5-12(10-11)21(22)23/h1-6,8-10,13-14,17,20H,7H2/t13-,14-,17-/m0/s1. The predicted octanol–water partition coefficient (Wildman–Crippen LogP) is 5.07. The van der Waals surface area contributed by atoms with E-state index in [1.165, 1.54) is 11.6 Å². The number of hydrogen-bond donors (Lipinski definition) is 1. The van der Waals surface area contributed by atoms with Gasteiger partial charge in [-0.1, -0.05) is 48.0 Å². The summed E-state index contributed by atoms with van der Waals surface area (Å²) in [6.07, 6.45) is 5.37. The summed E-state index contributed by atoms with van der Waals surface area (Å²) in [7, 11) is 0. The largest absolute Gasteiger partial charge is 0.376 e. The molecule has 0 saturated heterocycles. The Hall–Kier alpha value is -2.33. The SMILES string of the molecule is O=[N+]([O-])c1cccc([C@@H]2Nc3c(Cl)cccc3[C@H]3C=CC[C@@H]32)c1. The smallest absolute Gasteiger partial charge is 0.269 e. The minimum absolute atomic E-state index is 0.0160. The molecular formula is C18H15ClN2O2. The molecule has 0 aromatic heterocycles. The normalized spacial score (nSPS) is 24.7. The maximum absolute atomic E-state index is 11.1.